The average molecular weight is 309 g/mol. The highest BCUT2D eigenvalue weighted by Crippen LogP contribution is 2.30. The van der Waals surface area contributed by atoms with Crippen molar-refractivity contribution in [2.75, 3.05) is 14.2 Å². The lowest BCUT2D eigenvalue weighted by Crippen LogP contribution is -2.12. The van der Waals surface area contributed by atoms with Crippen molar-refractivity contribution in [2.24, 2.45) is 0 Å². The molecule has 0 aromatic carbocycles. The number of pyridine rings is 1. The van der Waals surface area contributed by atoms with Crippen LogP contribution in [-0.2, 0) is 14.3 Å². The topological polar surface area (TPSA) is 91.8 Å². The number of hydrogen-bond acceptors (Lipinski definition) is 7. The summed E-state index contributed by atoms with van der Waals surface area (Å²) in [5.74, 6) is -0.870. The van der Waals surface area contributed by atoms with Crippen LogP contribution in [0.15, 0.2) is 12.3 Å². The molecule has 120 valence electrons. The summed E-state index contributed by atoms with van der Waals surface area (Å²) >= 11 is 0. The molecule has 0 bridgehead atoms. The van der Waals surface area contributed by atoms with Crippen LogP contribution in [0.4, 0.5) is 0 Å². The Kier molecular flexibility index (Phi) is 7.01. The number of methoxy groups -OCH3 is 2. The number of ketones is 1. The number of Topliss-reactive ketones (excluding diaryl/α,β-unsaturated/α-hetero) is 1. The molecule has 0 radical (unpaired) electrons. The number of unbranched alkanes of at least 4 members (excludes halogenated alkanes) is 1. The van der Waals surface area contributed by atoms with Gasteiger partial charge in [0.25, 0.3) is 0 Å². The van der Waals surface area contributed by atoms with Crippen LogP contribution in [0, 0.1) is 0 Å². The highest BCUT2D eigenvalue weighted by Gasteiger charge is 2.19. The zero-order valence-electron chi connectivity index (χ0n) is 12.9. The molecule has 0 N–H and O–H groups in total. The molecule has 0 unspecified atom stereocenters. The lowest BCUT2D eigenvalue weighted by Gasteiger charge is -2.11. The number of carbonyl (C=O) groups excluding carboxylic acids is 3. The van der Waals surface area contributed by atoms with Crippen molar-refractivity contribution < 1.29 is 28.6 Å². The molecule has 1 heterocycles. The van der Waals surface area contributed by atoms with Gasteiger partial charge in [-0.15, -0.1) is 0 Å². The lowest BCUT2D eigenvalue weighted by atomic mass is 10.2. The Labute approximate surface area is 128 Å². The highest BCUT2D eigenvalue weighted by molar-refractivity contribution is 5.96. The van der Waals surface area contributed by atoms with Crippen LogP contribution in [0.25, 0.3) is 0 Å². The third-order valence-electron chi connectivity index (χ3n) is 2.88. The molecule has 0 atom stereocenters. The summed E-state index contributed by atoms with van der Waals surface area (Å²) in [5.41, 5.74) is 0.0438. The summed E-state index contributed by atoms with van der Waals surface area (Å²) in [5, 5.41) is 0. The molecule has 0 fully saturated rings. The maximum absolute atomic E-state index is 11.8. The van der Waals surface area contributed by atoms with Gasteiger partial charge in [-0.1, -0.05) is 0 Å². The number of ether oxygens (including phenoxy) is 3. The molecule has 7 nitrogen and oxygen atoms in total. The van der Waals surface area contributed by atoms with Gasteiger partial charge in [-0.3, -0.25) is 14.4 Å². The van der Waals surface area contributed by atoms with Gasteiger partial charge in [-0.25, -0.2) is 4.98 Å². The number of nitrogens with zero attached hydrogens (tertiary/aromatic N) is 1. The smallest absolute Gasteiger partial charge is 0.311 e. The zero-order chi connectivity index (χ0) is 16.5. The van der Waals surface area contributed by atoms with E-state index in [1.807, 2.05) is 0 Å². The van der Waals surface area contributed by atoms with Crippen molar-refractivity contribution in [1.29, 1.82) is 0 Å². The van der Waals surface area contributed by atoms with E-state index in [0.29, 0.717) is 12.8 Å². The Morgan fingerprint density at radius 1 is 1.09 bits per heavy atom. The Morgan fingerprint density at radius 2 is 1.73 bits per heavy atom. The van der Waals surface area contributed by atoms with Gasteiger partial charge in [-0.2, -0.15) is 0 Å². The third-order valence-corrected chi connectivity index (χ3v) is 2.88. The number of esters is 2. The van der Waals surface area contributed by atoms with E-state index < -0.39 is 5.97 Å². The van der Waals surface area contributed by atoms with Gasteiger partial charge < -0.3 is 14.2 Å². The molecule has 1 aromatic heterocycles. The zero-order valence-corrected chi connectivity index (χ0v) is 12.9. The summed E-state index contributed by atoms with van der Waals surface area (Å²) in [6.45, 7) is 1.33. The third kappa shape index (κ3) is 5.16. The minimum absolute atomic E-state index is 0.0236. The molecule has 0 spiro atoms. The fourth-order valence-corrected chi connectivity index (χ4v) is 1.75. The van der Waals surface area contributed by atoms with Gasteiger partial charge in [-0.05, 0) is 12.8 Å². The Bertz CT molecular complexity index is 555. The Balaban J connectivity index is 2.64. The molecule has 22 heavy (non-hydrogen) atoms. The van der Waals surface area contributed by atoms with Gasteiger partial charge in [0, 0.05) is 32.0 Å². The van der Waals surface area contributed by atoms with Crippen molar-refractivity contribution in [1.82, 2.24) is 4.98 Å². The van der Waals surface area contributed by atoms with Gasteiger partial charge in [0.2, 0.25) is 5.75 Å². The SMILES string of the molecule is COC(=O)CCCCC(=O)Oc1c(OC)ccnc1C(C)=O. The summed E-state index contributed by atoms with van der Waals surface area (Å²) in [7, 11) is 2.72. The van der Waals surface area contributed by atoms with E-state index in [0.717, 1.165) is 0 Å². The van der Waals surface area contributed by atoms with E-state index in [-0.39, 0.29) is 41.8 Å². The van der Waals surface area contributed by atoms with E-state index in [1.165, 1.54) is 33.4 Å². The van der Waals surface area contributed by atoms with Crippen LogP contribution in [0.3, 0.4) is 0 Å². The van der Waals surface area contributed by atoms with Crippen LogP contribution < -0.4 is 9.47 Å². The lowest BCUT2D eigenvalue weighted by molar-refractivity contribution is -0.141. The summed E-state index contributed by atoms with van der Waals surface area (Å²) in [6, 6.07) is 1.51. The predicted octanol–water partition coefficient (Wildman–Crippen LogP) is 1.93. The predicted molar refractivity (Wildman–Crippen MR) is 76.9 cm³/mol. The molecular formula is C15H19NO6. The van der Waals surface area contributed by atoms with Crippen LogP contribution >= 0.6 is 0 Å². The van der Waals surface area contributed by atoms with Crippen LogP contribution in [0.5, 0.6) is 11.5 Å². The molecule has 1 rings (SSSR count). The maximum Gasteiger partial charge on any atom is 0.311 e. The van der Waals surface area contributed by atoms with Crippen LogP contribution in [0.2, 0.25) is 0 Å². The molecule has 0 aliphatic carbocycles. The van der Waals surface area contributed by atoms with Gasteiger partial charge in [0.1, 0.15) is 0 Å². The molecule has 0 aliphatic rings. The molecule has 1 aromatic rings. The standard InChI is InChI=1S/C15H19NO6/c1-10(17)14-15(11(20-2)8-9-16-14)22-13(19)7-5-4-6-12(18)21-3/h8-9H,4-7H2,1-3H3. The molecule has 0 amide bonds. The second kappa shape index (κ2) is 8.76. The summed E-state index contributed by atoms with van der Waals surface area (Å²) < 4.78 is 14.8. The fourth-order valence-electron chi connectivity index (χ4n) is 1.75. The van der Waals surface area contributed by atoms with Crippen molar-refractivity contribution in [3.8, 4) is 11.5 Å². The van der Waals surface area contributed by atoms with Crippen molar-refractivity contribution in [3.63, 3.8) is 0 Å². The number of hydrogen-bond donors (Lipinski definition) is 0. The maximum atomic E-state index is 11.8. The normalized spacial score (nSPS) is 9.95. The van der Waals surface area contributed by atoms with Crippen molar-refractivity contribution in [3.05, 3.63) is 18.0 Å². The van der Waals surface area contributed by atoms with Gasteiger partial charge in [0.15, 0.2) is 17.2 Å². The largest absolute Gasteiger partial charge is 0.493 e. The van der Waals surface area contributed by atoms with E-state index in [4.69, 9.17) is 9.47 Å². The van der Waals surface area contributed by atoms with Crippen LogP contribution in [0.1, 0.15) is 43.1 Å². The molecular weight excluding hydrogens is 290 g/mol. The number of aromatic nitrogens is 1. The summed E-state index contributed by atoms with van der Waals surface area (Å²) in [6.07, 6.45) is 2.77. The molecule has 7 heteroatoms. The average Bonchev–Trinajstić information content (AvgIpc) is 2.51. The molecule has 0 saturated heterocycles. The monoisotopic (exact) mass is 309 g/mol. The van der Waals surface area contributed by atoms with Crippen molar-refractivity contribution in [2.45, 2.75) is 32.6 Å². The second-order valence-corrected chi connectivity index (χ2v) is 4.50. The van der Waals surface area contributed by atoms with E-state index in [2.05, 4.69) is 9.72 Å². The first-order valence-corrected chi connectivity index (χ1v) is 6.81. The van der Waals surface area contributed by atoms with Gasteiger partial charge in [0.05, 0.1) is 14.2 Å². The number of carbonyl (C=O) groups is 3. The van der Waals surface area contributed by atoms with Gasteiger partial charge >= 0.3 is 11.9 Å². The van der Waals surface area contributed by atoms with E-state index in [1.54, 1.807) is 0 Å². The number of rotatable bonds is 8. The van der Waals surface area contributed by atoms with Crippen LogP contribution in [-0.4, -0.2) is 36.9 Å². The van der Waals surface area contributed by atoms with Crippen molar-refractivity contribution >= 4 is 17.7 Å². The Hall–Kier alpha value is -2.44. The Morgan fingerprint density at radius 3 is 2.27 bits per heavy atom. The minimum Gasteiger partial charge on any atom is -0.493 e. The summed E-state index contributed by atoms with van der Waals surface area (Å²) in [4.78, 5) is 38.2. The first-order chi connectivity index (χ1) is 10.5. The van der Waals surface area contributed by atoms with E-state index >= 15 is 0 Å². The second-order valence-electron chi connectivity index (χ2n) is 4.50. The fraction of sp³-hybridized carbons (Fsp3) is 0.467. The quantitative estimate of drug-likeness (QED) is 0.411. The highest BCUT2D eigenvalue weighted by atomic mass is 16.6. The van der Waals surface area contributed by atoms with E-state index in [9.17, 15) is 14.4 Å². The minimum atomic E-state index is -0.515. The molecule has 0 saturated carbocycles. The first-order valence-electron chi connectivity index (χ1n) is 6.81. The first kappa shape index (κ1) is 17.6. The molecule has 0 aliphatic heterocycles.